The number of amides is 2. The molecule has 1 aromatic carbocycles. The van der Waals surface area contributed by atoms with Gasteiger partial charge in [0.05, 0.1) is 13.2 Å². The van der Waals surface area contributed by atoms with Crippen LogP contribution in [-0.2, 0) is 13.0 Å². The van der Waals surface area contributed by atoms with E-state index in [4.69, 9.17) is 4.74 Å². The summed E-state index contributed by atoms with van der Waals surface area (Å²) in [6.45, 7) is 1.35. The Labute approximate surface area is 145 Å². The molecule has 2 heterocycles. The molecule has 1 atom stereocenters. The van der Waals surface area contributed by atoms with Crippen LogP contribution in [0, 0.1) is 5.92 Å². The summed E-state index contributed by atoms with van der Waals surface area (Å²) in [4.78, 5) is 19.1. The molecule has 1 fully saturated rings. The summed E-state index contributed by atoms with van der Waals surface area (Å²) in [5.74, 6) is 1.46. The van der Waals surface area contributed by atoms with E-state index in [-0.39, 0.29) is 12.1 Å². The van der Waals surface area contributed by atoms with Crippen LogP contribution < -0.4 is 10.1 Å². The second-order valence-corrected chi connectivity index (χ2v) is 7.33. The van der Waals surface area contributed by atoms with Crippen LogP contribution in [0.3, 0.4) is 0 Å². The predicted molar refractivity (Wildman–Crippen MR) is 93.2 cm³/mol. The number of urea groups is 1. The minimum atomic E-state index is 0.00979. The third-order valence-corrected chi connectivity index (χ3v) is 5.68. The van der Waals surface area contributed by atoms with Gasteiger partial charge in [-0.3, -0.25) is 0 Å². The molecular formula is C18H21N3O2S. The number of fused-ring (bicyclic) bond motifs is 1. The molecule has 6 heteroatoms. The van der Waals surface area contributed by atoms with E-state index in [2.05, 4.69) is 16.4 Å². The Morgan fingerprint density at radius 2 is 2.33 bits per heavy atom. The summed E-state index contributed by atoms with van der Waals surface area (Å²) < 4.78 is 5.44. The number of rotatable bonds is 4. The summed E-state index contributed by atoms with van der Waals surface area (Å²) in [5.41, 5.74) is 2.40. The van der Waals surface area contributed by atoms with Gasteiger partial charge in [-0.25, -0.2) is 9.78 Å². The Hall–Kier alpha value is -2.08. The fourth-order valence-corrected chi connectivity index (χ4v) is 4.14. The van der Waals surface area contributed by atoms with Gasteiger partial charge in [-0.05, 0) is 36.8 Å². The second kappa shape index (κ2) is 6.43. The molecule has 0 spiro atoms. The monoisotopic (exact) mass is 343 g/mol. The van der Waals surface area contributed by atoms with Gasteiger partial charge in [-0.2, -0.15) is 0 Å². The lowest BCUT2D eigenvalue weighted by atomic mass is 9.99. The molecule has 4 rings (SSSR count). The number of methoxy groups -OCH3 is 1. The molecule has 0 saturated heterocycles. The summed E-state index contributed by atoms with van der Waals surface area (Å²) >= 11 is 1.62. The van der Waals surface area contributed by atoms with Crippen molar-refractivity contribution >= 4 is 17.4 Å². The van der Waals surface area contributed by atoms with Crippen molar-refractivity contribution in [3.05, 3.63) is 45.9 Å². The number of thiazole rings is 1. The first-order valence-corrected chi connectivity index (χ1v) is 9.24. The lowest BCUT2D eigenvalue weighted by Crippen LogP contribution is -2.44. The first-order valence-electron chi connectivity index (χ1n) is 8.36. The number of aromatic nitrogens is 1. The lowest BCUT2D eigenvalue weighted by Gasteiger charge is -2.31. The highest BCUT2D eigenvalue weighted by Crippen LogP contribution is 2.41. The zero-order valence-electron chi connectivity index (χ0n) is 13.7. The van der Waals surface area contributed by atoms with E-state index < -0.39 is 0 Å². The van der Waals surface area contributed by atoms with Crippen molar-refractivity contribution in [1.29, 1.82) is 0 Å². The summed E-state index contributed by atoms with van der Waals surface area (Å²) in [6.07, 6.45) is 4.98. The van der Waals surface area contributed by atoms with Gasteiger partial charge in [0.2, 0.25) is 0 Å². The van der Waals surface area contributed by atoms with Crippen molar-refractivity contribution < 1.29 is 9.53 Å². The van der Waals surface area contributed by atoms with Gasteiger partial charge < -0.3 is 15.0 Å². The van der Waals surface area contributed by atoms with Crippen LogP contribution in [0.2, 0.25) is 0 Å². The lowest BCUT2D eigenvalue weighted by molar-refractivity contribution is 0.186. The maximum atomic E-state index is 12.8. The Bertz CT molecular complexity index is 728. The third-order valence-electron chi connectivity index (χ3n) is 4.82. The van der Waals surface area contributed by atoms with Crippen LogP contribution in [0.15, 0.2) is 29.8 Å². The summed E-state index contributed by atoms with van der Waals surface area (Å²) in [5, 5.41) is 6.21. The van der Waals surface area contributed by atoms with Gasteiger partial charge in [0.1, 0.15) is 10.8 Å². The smallest absolute Gasteiger partial charge is 0.318 e. The Balaban J connectivity index is 1.47. The number of hydrogen-bond donors (Lipinski definition) is 1. The maximum Gasteiger partial charge on any atom is 0.318 e. The molecule has 2 amide bonds. The van der Waals surface area contributed by atoms with E-state index in [1.807, 2.05) is 28.6 Å². The molecular weight excluding hydrogens is 322 g/mol. The van der Waals surface area contributed by atoms with Crippen molar-refractivity contribution in [2.75, 3.05) is 13.7 Å². The minimum Gasteiger partial charge on any atom is -0.496 e. The normalized spacial score (nSPS) is 18.0. The van der Waals surface area contributed by atoms with E-state index in [1.54, 1.807) is 18.4 Å². The van der Waals surface area contributed by atoms with Crippen LogP contribution in [-0.4, -0.2) is 29.6 Å². The number of hydrogen-bond acceptors (Lipinski definition) is 4. The Morgan fingerprint density at radius 1 is 1.46 bits per heavy atom. The molecule has 1 aromatic heterocycles. The molecule has 1 aliphatic heterocycles. The highest BCUT2D eigenvalue weighted by atomic mass is 32.1. The van der Waals surface area contributed by atoms with E-state index in [9.17, 15) is 4.79 Å². The van der Waals surface area contributed by atoms with E-state index in [0.29, 0.717) is 19.0 Å². The number of carbonyl (C=O) groups excluding carboxylic acids is 1. The molecule has 126 valence electrons. The molecule has 2 aromatic rings. The van der Waals surface area contributed by atoms with Crippen LogP contribution in [0.25, 0.3) is 0 Å². The topological polar surface area (TPSA) is 54.5 Å². The predicted octanol–water partition coefficient (Wildman–Crippen LogP) is 3.37. The minimum absolute atomic E-state index is 0.00979. The number of nitrogens with zero attached hydrogens (tertiary/aromatic N) is 2. The van der Waals surface area contributed by atoms with Gasteiger partial charge in [-0.15, -0.1) is 11.3 Å². The van der Waals surface area contributed by atoms with Crippen LogP contribution in [0.5, 0.6) is 5.75 Å². The fourth-order valence-electron chi connectivity index (χ4n) is 3.36. The largest absolute Gasteiger partial charge is 0.496 e. The molecule has 2 aliphatic rings. The van der Waals surface area contributed by atoms with Crippen molar-refractivity contribution in [2.45, 2.75) is 31.8 Å². The zero-order valence-corrected chi connectivity index (χ0v) is 14.5. The average Bonchev–Trinajstić information content (AvgIpc) is 3.32. The summed E-state index contributed by atoms with van der Waals surface area (Å²) in [6, 6.07) is 6.12. The Kier molecular flexibility index (Phi) is 4.14. The molecule has 1 saturated carbocycles. The maximum absolute atomic E-state index is 12.8. The number of ether oxygens (including phenoxy) is 1. The molecule has 1 aliphatic carbocycles. The SMILES string of the molecule is COc1cccc2c1CCN(C(=O)N[C@H](c1nccs1)C1CC1)C2. The van der Waals surface area contributed by atoms with Gasteiger partial charge >= 0.3 is 6.03 Å². The third kappa shape index (κ3) is 2.98. The van der Waals surface area contributed by atoms with E-state index in [1.165, 1.54) is 24.0 Å². The van der Waals surface area contributed by atoms with E-state index >= 15 is 0 Å². The van der Waals surface area contributed by atoms with Gasteiger partial charge in [0.25, 0.3) is 0 Å². The second-order valence-electron chi connectivity index (χ2n) is 6.40. The van der Waals surface area contributed by atoms with Crippen LogP contribution in [0.4, 0.5) is 4.79 Å². The van der Waals surface area contributed by atoms with E-state index in [0.717, 1.165) is 17.2 Å². The summed E-state index contributed by atoms with van der Waals surface area (Å²) in [7, 11) is 1.70. The number of carbonyl (C=O) groups is 1. The zero-order chi connectivity index (χ0) is 16.5. The van der Waals surface area contributed by atoms with Crippen molar-refractivity contribution in [2.24, 2.45) is 5.92 Å². The number of benzene rings is 1. The van der Waals surface area contributed by atoms with Gasteiger partial charge in [-0.1, -0.05) is 12.1 Å². The van der Waals surface area contributed by atoms with Crippen LogP contribution >= 0.6 is 11.3 Å². The standard InChI is InChI=1S/C18H21N3O2S/c1-23-15-4-2-3-13-11-21(9-7-14(13)15)18(22)20-16(12-5-6-12)17-19-8-10-24-17/h2-4,8,10,12,16H,5-7,9,11H2,1H3,(H,20,22)/t16-/m0/s1. The molecule has 24 heavy (non-hydrogen) atoms. The Morgan fingerprint density at radius 3 is 3.04 bits per heavy atom. The molecule has 0 bridgehead atoms. The van der Waals surface area contributed by atoms with Crippen molar-refractivity contribution in [3.63, 3.8) is 0 Å². The molecule has 0 unspecified atom stereocenters. The van der Waals surface area contributed by atoms with Crippen molar-refractivity contribution in [3.8, 4) is 5.75 Å². The quantitative estimate of drug-likeness (QED) is 0.926. The number of nitrogens with one attached hydrogen (secondary N) is 1. The average molecular weight is 343 g/mol. The van der Waals surface area contributed by atoms with Gasteiger partial charge in [0, 0.05) is 30.2 Å². The molecule has 5 nitrogen and oxygen atoms in total. The first kappa shape index (κ1) is 15.4. The fraction of sp³-hybridized carbons (Fsp3) is 0.444. The molecule has 0 radical (unpaired) electrons. The first-order chi connectivity index (χ1) is 11.8. The molecule has 1 N–H and O–H groups in total. The highest BCUT2D eigenvalue weighted by Gasteiger charge is 2.36. The van der Waals surface area contributed by atoms with Crippen molar-refractivity contribution in [1.82, 2.24) is 15.2 Å². The van der Waals surface area contributed by atoms with Crippen LogP contribution in [0.1, 0.15) is 35.0 Å². The highest BCUT2D eigenvalue weighted by molar-refractivity contribution is 7.09. The van der Waals surface area contributed by atoms with Gasteiger partial charge in [0.15, 0.2) is 0 Å².